The van der Waals surface area contributed by atoms with Crippen molar-refractivity contribution >= 4 is 22.4 Å². The summed E-state index contributed by atoms with van der Waals surface area (Å²) < 4.78 is 5.33. The number of nitrogens with zero attached hydrogens (tertiary/aromatic N) is 3. The van der Waals surface area contributed by atoms with Gasteiger partial charge < -0.3 is 15.4 Å². The van der Waals surface area contributed by atoms with Crippen molar-refractivity contribution in [2.24, 2.45) is 0 Å². The second kappa shape index (κ2) is 8.72. The lowest BCUT2D eigenvalue weighted by atomic mass is 10.3. The lowest BCUT2D eigenvalue weighted by Gasteiger charge is -2.26. The number of aromatic nitrogens is 2. The van der Waals surface area contributed by atoms with E-state index in [9.17, 15) is 4.79 Å². The third-order valence-electron chi connectivity index (χ3n) is 3.72. The average molecular weight is 347 g/mol. The molecule has 0 radical (unpaired) electrons. The Bertz CT molecular complexity index is 643. The van der Waals surface area contributed by atoms with Crippen LogP contribution in [0.3, 0.4) is 0 Å². The highest BCUT2D eigenvalue weighted by Crippen LogP contribution is 2.15. The number of nitrogens with one attached hydrogen (secondary N) is 2. The van der Waals surface area contributed by atoms with Gasteiger partial charge in [-0.15, -0.1) is 11.3 Å². The van der Waals surface area contributed by atoms with Crippen LogP contribution in [0.4, 0.5) is 5.13 Å². The third kappa shape index (κ3) is 4.98. The summed E-state index contributed by atoms with van der Waals surface area (Å²) in [4.78, 5) is 22.8. The molecule has 1 amide bonds. The molecule has 3 heterocycles. The van der Waals surface area contributed by atoms with Crippen molar-refractivity contribution in [3.8, 4) is 0 Å². The number of anilines is 1. The average Bonchev–Trinajstić information content (AvgIpc) is 3.10. The molecule has 3 rings (SSSR count). The predicted octanol–water partition coefficient (Wildman–Crippen LogP) is 1.21. The molecule has 0 aromatic carbocycles. The molecule has 0 aliphatic carbocycles. The number of carbonyl (C=O) groups excluding carboxylic acids is 1. The van der Waals surface area contributed by atoms with Gasteiger partial charge in [-0.05, 0) is 11.6 Å². The van der Waals surface area contributed by atoms with E-state index in [-0.39, 0.29) is 5.91 Å². The highest BCUT2D eigenvalue weighted by molar-refractivity contribution is 7.13. The van der Waals surface area contributed by atoms with Gasteiger partial charge in [-0.25, -0.2) is 4.98 Å². The lowest BCUT2D eigenvalue weighted by molar-refractivity contribution is 0.0398. The molecule has 2 N–H and O–H groups in total. The minimum absolute atomic E-state index is 0.170. The fraction of sp³-hybridized carbons (Fsp3) is 0.438. The van der Waals surface area contributed by atoms with Crippen LogP contribution in [0.25, 0.3) is 0 Å². The molecule has 1 aliphatic rings. The summed E-state index contributed by atoms with van der Waals surface area (Å²) >= 11 is 1.45. The fourth-order valence-corrected chi connectivity index (χ4v) is 3.10. The Morgan fingerprint density at radius 1 is 1.38 bits per heavy atom. The molecular formula is C16H21N5O2S. The van der Waals surface area contributed by atoms with E-state index in [0.717, 1.165) is 50.1 Å². The van der Waals surface area contributed by atoms with Crippen LogP contribution in [0.15, 0.2) is 29.9 Å². The topological polar surface area (TPSA) is 79.4 Å². The highest BCUT2D eigenvalue weighted by atomic mass is 32.1. The number of hydrogen-bond donors (Lipinski definition) is 2. The molecule has 0 saturated carbocycles. The molecule has 0 bridgehead atoms. The molecule has 8 heteroatoms. The van der Waals surface area contributed by atoms with E-state index in [0.29, 0.717) is 12.2 Å². The number of morpholine rings is 1. The molecule has 2 aromatic rings. The fourth-order valence-electron chi connectivity index (χ4n) is 2.38. The number of ether oxygens (including phenoxy) is 1. The summed E-state index contributed by atoms with van der Waals surface area (Å²) in [5.74, 6) is -0.170. The molecule has 24 heavy (non-hydrogen) atoms. The number of amides is 1. The third-order valence-corrected chi connectivity index (χ3v) is 4.52. The van der Waals surface area contributed by atoms with Gasteiger partial charge in [0.1, 0.15) is 5.69 Å². The monoisotopic (exact) mass is 347 g/mol. The van der Waals surface area contributed by atoms with E-state index in [1.165, 1.54) is 11.3 Å². The minimum atomic E-state index is -0.170. The van der Waals surface area contributed by atoms with Gasteiger partial charge in [-0.2, -0.15) is 0 Å². The van der Waals surface area contributed by atoms with E-state index >= 15 is 0 Å². The Morgan fingerprint density at radius 2 is 2.25 bits per heavy atom. The summed E-state index contributed by atoms with van der Waals surface area (Å²) in [5.41, 5.74) is 1.41. The van der Waals surface area contributed by atoms with Crippen molar-refractivity contribution in [3.05, 3.63) is 41.2 Å². The molecule has 1 saturated heterocycles. The van der Waals surface area contributed by atoms with Crippen LogP contribution in [0.1, 0.15) is 16.1 Å². The first kappa shape index (κ1) is 16.8. The largest absolute Gasteiger partial charge is 0.379 e. The van der Waals surface area contributed by atoms with Crippen LogP contribution in [0.5, 0.6) is 0 Å². The number of thiazole rings is 1. The summed E-state index contributed by atoms with van der Waals surface area (Å²) in [7, 11) is 0. The van der Waals surface area contributed by atoms with Crippen LogP contribution in [-0.2, 0) is 11.3 Å². The van der Waals surface area contributed by atoms with Gasteiger partial charge in [0, 0.05) is 50.5 Å². The molecule has 0 spiro atoms. The maximum atomic E-state index is 12.1. The van der Waals surface area contributed by atoms with Crippen molar-refractivity contribution in [3.63, 3.8) is 0 Å². The second-order valence-electron chi connectivity index (χ2n) is 5.46. The molecular weight excluding hydrogens is 326 g/mol. The van der Waals surface area contributed by atoms with E-state index < -0.39 is 0 Å². The van der Waals surface area contributed by atoms with Crippen molar-refractivity contribution in [2.75, 3.05) is 44.7 Å². The van der Waals surface area contributed by atoms with Crippen molar-refractivity contribution in [2.45, 2.75) is 6.54 Å². The predicted molar refractivity (Wildman–Crippen MR) is 93.3 cm³/mol. The Hall–Kier alpha value is -2.03. The van der Waals surface area contributed by atoms with E-state index in [1.807, 2.05) is 12.1 Å². The van der Waals surface area contributed by atoms with Crippen LogP contribution >= 0.6 is 11.3 Å². The van der Waals surface area contributed by atoms with Gasteiger partial charge in [0.25, 0.3) is 5.91 Å². The van der Waals surface area contributed by atoms with E-state index in [2.05, 4.69) is 25.5 Å². The summed E-state index contributed by atoms with van der Waals surface area (Å²) in [6.07, 6.45) is 3.45. The van der Waals surface area contributed by atoms with Crippen LogP contribution in [0.2, 0.25) is 0 Å². The number of carbonyl (C=O) groups is 1. The first-order chi connectivity index (χ1) is 11.8. The zero-order valence-corrected chi connectivity index (χ0v) is 14.2. The van der Waals surface area contributed by atoms with Gasteiger partial charge in [0.2, 0.25) is 0 Å². The Labute approximate surface area is 145 Å². The molecule has 7 nitrogen and oxygen atoms in total. The van der Waals surface area contributed by atoms with Crippen molar-refractivity contribution in [1.82, 2.24) is 20.2 Å². The zero-order chi connectivity index (χ0) is 16.6. The van der Waals surface area contributed by atoms with Crippen LogP contribution in [0, 0.1) is 0 Å². The summed E-state index contributed by atoms with van der Waals surface area (Å²) in [6.45, 7) is 5.76. The number of rotatable bonds is 7. The van der Waals surface area contributed by atoms with Crippen molar-refractivity contribution < 1.29 is 9.53 Å². The SMILES string of the molecule is O=C(NCc1cccnc1)c1csc(NCCN2CCOCC2)n1. The first-order valence-electron chi connectivity index (χ1n) is 7.98. The minimum Gasteiger partial charge on any atom is -0.379 e. The van der Waals surface area contributed by atoms with Gasteiger partial charge in [-0.3, -0.25) is 14.7 Å². The van der Waals surface area contributed by atoms with Gasteiger partial charge in [-0.1, -0.05) is 6.07 Å². The standard InChI is InChI=1S/C16H21N5O2S/c22-15(19-11-13-2-1-3-17-10-13)14-12-24-16(20-14)18-4-5-21-6-8-23-9-7-21/h1-3,10,12H,4-9,11H2,(H,18,20)(H,19,22). The molecule has 0 atom stereocenters. The number of pyridine rings is 1. The smallest absolute Gasteiger partial charge is 0.271 e. The molecule has 1 aliphatic heterocycles. The highest BCUT2D eigenvalue weighted by Gasteiger charge is 2.12. The molecule has 128 valence electrons. The van der Waals surface area contributed by atoms with Gasteiger partial charge in [0.05, 0.1) is 13.2 Å². The Balaban J connectivity index is 1.41. The molecule has 0 unspecified atom stereocenters. The van der Waals surface area contributed by atoms with Gasteiger partial charge >= 0.3 is 0 Å². The summed E-state index contributed by atoms with van der Waals surface area (Å²) in [6, 6.07) is 3.77. The number of hydrogen-bond acceptors (Lipinski definition) is 7. The lowest BCUT2D eigenvalue weighted by Crippen LogP contribution is -2.39. The zero-order valence-electron chi connectivity index (χ0n) is 13.4. The van der Waals surface area contributed by atoms with E-state index in [4.69, 9.17) is 4.74 Å². The maximum absolute atomic E-state index is 12.1. The van der Waals surface area contributed by atoms with Crippen LogP contribution < -0.4 is 10.6 Å². The molecule has 1 fully saturated rings. The second-order valence-corrected chi connectivity index (χ2v) is 6.32. The maximum Gasteiger partial charge on any atom is 0.271 e. The quantitative estimate of drug-likeness (QED) is 0.784. The van der Waals surface area contributed by atoms with Crippen LogP contribution in [-0.4, -0.2) is 60.2 Å². The summed E-state index contributed by atoms with van der Waals surface area (Å²) in [5, 5.41) is 8.67. The van der Waals surface area contributed by atoms with E-state index in [1.54, 1.807) is 17.8 Å². The first-order valence-corrected chi connectivity index (χ1v) is 8.86. The normalized spacial score (nSPS) is 15.2. The van der Waals surface area contributed by atoms with Crippen molar-refractivity contribution in [1.29, 1.82) is 0 Å². The van der Waals surface area contributed by atoms with Gasteiger partial charge in [0.15, 0.2) is 5.13 Å². The molecule has 2 aromatic heterocycles. The Kier molecular flexibility index (Phi) is 6.11. The Morgan fingerprint density at radius 3 is 3.04 bits per heavy atom.